The highest BCUT2D eigenvalue weighted by Crippen LogP contribution is 2.30. The van der Waals surface area contributed by atoms with Crippen LogP contribution in [0.1, 0.15) is 47.0 Å². The van der Waals surface area contributed by atoms with E-state index in [4.69, 9.17) is 0 Å². The van der Waals surface area contributed by atoms with Crippen LogP contribution < -0.4 is 5.32 Å². The summed E-state index contributed by atoms with van der Waals surface area (Å²) >= 11 is 1.98. The molecule has 1 N–H and O–H groups in total. The molecule has 0 radical (unpaired) electrons. The topological polar surface area (TPSA) is 29.1 Å². The molecule has 2 nitrogen and oxygen atoms in total. The van der Waals surface area contributed by atoms with E-state index in [0.717, 1.165) is 12.2 Å². The molecular formula is C12H23NOS. The average molecular weight is 229 g/mol. The van der Waals surface area contributed by atoms with Crippen molar-refractivity contribution in [3.8, 4) is 0 Å². The monoisotopic (exact) mass is 229 g/mol. The molecular weight excluding hydrogens is 206 g/mol. The molecule has 1 aliphatic carbocycles. The number of nitrogens with one attached hydrogen (secondary N) is 1. The van der Waals surface area contributed by atoms with E-state index in [1.807, 2.05) is 32.5 Å². The largest absolute Gasteiger partial charge is 0.352 e. The first-order chi connectivity index (χ1) is 6.95. The van der Waals surface area contributed by atoms with Crippen LogP contribution >= 0.6 is 11.8 Å². The normalized spacial score (nSPS) is 26.7. The predicted octanol–water partition coefficient (Wildman–Crippen LogP) is 2.82. The summed E-state index contributed by atoms with van der Waals surface area (Å²) in [7, 11) is 0. The molecule has 1 saturated carbocycles. The Morgan fingerprint density at radius 1 is 1.40 bits per heavy atom. The minimum Gasteiger partial charge on any atom is -0.352 e. The van der Waals surface area contributed by atoms with Gasteiger partial charge < -0.3 is 5.32 Å². The van der Waals surface area contributed by atoms with Crippen LogP contribution in [-0.2, 0) is 4.79 Å². The van der Waals surface area contributed by atoms with E-state index < -0.39 is 0 Å². The van der Waals surface area contributed by atoms with E-state index in [2.05, 4.69) is 12.2 Å². The average Bonchev–Trinajstić information content (AvgIpc) is 2.52. The highest BCUT2D eigenvalue weighted by Gasteiger charge is 2.31. The van der Waals surface area contributed by atoms with Crippen LogP contribution in [0.5, 0.6) is 0 Å². The summed E-state index contributed by atoms with van der Waals surface area (Å²) in [6, 6.07) is 0.404. The molecule has 1 fully saturated rings. The second kappa shape index (κ2) is 5.24. The summed E-state index contributed by atoms with van der Waals surface area (Å²) in [5, 5.41) is 3.83. The number of thioether (sulfide) groups is 1. The van der Waals surface area contributed by atoms with Crippen molar-refractivity contribution < 1.29 is 4.79 Å². The molecule has 0 heterocycles. The molecule has 88 valence electrons. The zero-order valence-corrected chi connectivity index (χ0v) is 11.1. The summed E-state index contributed by atoms with van der Waals surface area (Å²) in [6.45, 7) is 8.10. The number of hydrogen-bond acceptors (Lipinski definition) is 2. The Balaban J connectivity index is 2.47. The lowest BCUT2D eigenvalue weighted by molar-refractivity contribution is -0.129. The quantitative estimate of drug-likeness (QED) is 0.806. The number of carbonyl (C=O) groups is 1. The molecule has 0 aromatic heterocycles. The Morgan fingerprint density at radius 2 is 2.07 bits per heavy atom. The Hall–Kier alpha value is -0.180. The molecule has 0 aromatic rings. The van der Waals surface area contributed by atoms with Crippen LogP contribution in [0.3, 0.4) is 0 Å². The Labute approximate surface area is 97.6 Å². The minimum atomic E-state index is -0.260. The fourth-order valence-corrected chi connectivity index (χ4v) is 3.09. The number of carbonyl (C=O) groups excluding carboxylic acids is 1. The number of hydrogen-bond donors (Lipinski definition) is 1. The fourth-order valence-electron chi connectivity index (χ4n) is 1.89. The Morgan fingerprint density at radius 3 is 2.60 bits per heavy atom. The fraction of sp³-hybridized carbons (Fsp3) is 0.917. The van der Waals surface area contributed by atoms with Gasteiger partial charge in [-0.3, -0.25) is 4.79 Å². The first-order valence-corrected chi connectivity index (χ1v) is 6.92. The number of rotatable bonds is 3. The van der Waals surface area contributed by atoms with Crippen LogP contribution in [0.15, 0.2) is 0 Å². The minimum absolute atomic E-state index is 0.191. The van der Waals surface area contributed by atoms with Crippen molar-refractivity contribution >= 4 is 17.7 Å². The zero-order valence-electron chi connectivity index (χ0n) is 10.3. The first kappa shape index (κ1) is 12.9. The van der Waals surface area contributed by atoms with E-state index in [1.165, 1.54) is 12.8 Å². The van der Waals surface area contributed by atoms with Crippen LogP contribution in [0.25, 0.3) is 0 Å². The van der Waals surface area contributed by atoms with E-state index in [0.29, 0.717) is 11.3 Å². The van der Waals surface area contributed by atoms with Crippen LogP contribution in [0.4, 0.5) is 0 Å². The van der Waals surface area contributed by atoms with Gasteiger partial charge >= 0.3 is 0 Å². The van der Waals surface area contributed by atoms with Crippen molar-refractivity contribution in [3.63, 3.8) is 0 Å². The van der Waals surface area contributed by atoms with Gasteiger partial charge in [0, 0.05) is 16.7 Å². The lowest BCUT2D eigenvalue weighted by Crippen LogP contribution is -2.44. The highest BCUT2D eigenvalue weighted by molar-refractivity contribution is 7.99. The highest BCUT2D eigenvalue weighted by atomic mass is 32.2. The summed E-state index contributed by atoms with van der Waals surface area (Å²) in [6.07, 6.45) is 3.67. The van der Waals surface area contributed by atoms with E-state index >= 15 is 0 Å². The third-order valence-corrected chi connectivity index (χ3v) is 4.16. The van der Waals surface area contributed by atoms with Crippen molar-refractivity contribution in [2.45, 2.75) is 58.2 Å². The van der Waals surface area contributed by atoms with Gasteiger partial charge in [-0.2, -0.15) is 11.8 Å². The molecule has 0 saturated heterocycles. The van der Waals surface area contributed by atoms with Crippen molar-refractivity contribution in [1.29, 1.82) is 0 Å². The molecule has 3 heteroatoms. The van der Waals surface area contributed by atoms with Crippen LogP contribution in [0.2, 0.25) is 0 Å². The molecule has 1 amide bonds. The summed E-state index contributed by atoms with van der Waals surface area (Å²) in [5.74, 6) is 1.34. The van der Waals surface area contributed by atoms with Gasteiger partial charge in [0.25, 0.3) is 0 Å². The second-order valence-corrected chi connectivity index (χ2v) is 6.77. The van der Waals surface area contributed by atoms with Crippen LogP contribution in [-0.4, -0.2) is 23.0 Å². The van der Waals surface area contributed by atoms with Crippen molar-refractivity contribution in [1.82, 2.24) is 5.32 Å². The van der Waals surface area contributed by atoms with Gasteiger partial charge in [-0.1, -0.05) is 34.1 Å². The third-order valence-electron chi connectivity index (χ3n) is 2.83. The number of amides is 1. The molecule has 0 spiro atoms. The van der Waals surface area contributed by atoms with E-state index in [9.17, 15) is 4.79 Å². The summed E-state index contributed by atoms with van der Waals surface area (Å²) in [5.41, 5.74) is -0.260. The Kier molecular flexibility index (Phi) is 4.50. The maximum Gasteiger partial charge on any atom is 0.225 e. The third kappa shape index (κ3) is 3.71. The Bertz CT molecular complexity index is 222. The maximum absolute atomic E-state index is 11.8. The lowest BCUT2D eigenvalue weighted by Gasteiger charge is -2.25. The first-order valence-electron chi connectivity index (χ1n) is 5.87. The summed E-state index contributed by atoms with van der Waals surface area (Å²) < 4.78 is 0. The standard InChI is InChI=1S/C12H23NOS/c1-5-15-10-8-6-7-9(10)13-11(14)12(2,3)4/h9-10H,5-8H2,1-4H3,(H,13,14). The molecule has 0 aliphatic heterocycles. The molecule has 0 bridgehead atoms. The van der Waals surface area contributed by atoms with Crippen LogP contribution in [0, 0.1) is 5.41 Å². The molecule has 1 rings (SSSR count). The van der Waals surface area contributed by atoms with Gasteiger partial charge in [0.1, 0.15) is 0 Å². The summed E-state index contributed by atoms with van der Waals surface area (Å²) in [4.78, 5) is 11.8. The van der Waals surface area contributed by atoms with Gasteiger partial charge in [0.15, 0.2) is 0 Å². The lowest BCUT2D eigenvalue weighted by atomic mass is 9.95. The van der Waals surface area contributed by atoms with Gasteiger partial charge in [0.05, 0.1) is 0 Å². The SMILES string of the molecule is CCSC1CCCC1NC(=O)C(C)(C)C. The van der Waals surface area contributed by atoms with Gasteiger partial charge in [0.2, 0.25) is 5.91 Å². The van der Waals surface area contributed by atoms with E-state index in [-0.39, 0.29) is 11.3 Å². The smallest absolute Gasteiger partial charge is 0.225 e. The van der Waals surface area contributed by atoms with Crippen molar-refractivity contribution in [2.75, 3.05) is 5.75 Å². The van der Waals surface area contributed by atoms with Crippen molar-refractivity contribution in [2.24, 2.45) is 5.41 Å². The molecule has 0 aromatic carbocycles. The molecule has 2 atom stereocenters. The van der Waals surface area contributed by atoms with Gasteiger partial charge in [-0.05, 0) is 18.6 Å². The zero-order chi connectivity index (χ0) is 11.5. The van der Waals surface area contributed by atoms with Gasteiger partial charge in [-0.15, -0.1) is 0 Å². The van der Waals surface area contributed by atoms with E-state index in [1.54, 1.807) is 0 Å². The molecule has 1 aliphatic rings. The second-order valence-electron chi connectivity index (χ2n) is 5.25. The predicted molar refractivity (Wildman–Crippen MR) is 67.2 cm³/mol. The molecule has 2 unspecified atom stereocenters. The molecule has 15 heavy (non-hydrogen) atoms. The maximum atomic E-state index is 11.8. The van der Waals surface area contributed by atoms with Crippen molar-refractivity contribution in [3.05, 3.63) is 0 Å². The van der Waals surface area contributed by atoms with Gasteiger partial charge in [-0.25, -0.2) is 0 Å².